The molecular formula is C28H35Cl2N5O6. The van der Waals surface area contributed by atoms with E-state index in [1.165, 1.54) is 0 Å². The van der Waals surface area contributed by atoms with Crippen LogP contribution in [0.25, 0.3) is 0 Å². The Morgan fingerprint density at radius 3 is 2.63 bits per heavy atom. The fraction of sp³-hybridized carbons (Fsp3) is 0.429. The van der Waals surface area contributed by atoms with Crippen LogP contribution in [-0.4, -0.2) is 67.7 Å². The first-order chi connectivity index (χ1) is 19.2. The Morgan fingerprint density at radius 1 is 1.17 bits per heavy atom. The number of ether oxygens (including phenoxy) is 3. The second-order valence-electron chi connectivity index (χ2n) is 9.38. The fourth-order valence-electron chi connectivity index (χ4n) is 3.59. The zero-order valence-corrected chi connectivity index (χ0v) is 24.5. The molecule has 11 nitrogen and oxygen atoms in total. The van der Waals surface area contributed by atoms with E-state index in [2.05, 4.69) is 27.2 Å². The summed E-state index contributed by atoms with van der Waals surface area (Å²) in [4.78, 5) is 23.4. The van der Waals surface area contributed by atoms with Crippen LogP contribution in [0.4, 0.5) is 0 Å². The molecule has 1 aliphatic heterocycles. The van der Waals surface area contributed by atoms with Gasteiger partial charge in [-0.15, -0.1) is 12.4 Å². The van der Waals surface area contributed by atoms with Crippen LogP contribution < -0.4 is 30.3 Å². The van der Waals surface area contributed by atoms with Crippen LogP contribution in [0.1, 0.15) is 44.2 Å². The lowest BCUT2D eigenvalue weighted by molar-refractivity contribution is -0.123. The molecule has 0 fully saturated rings. The molecule has 0 unspecified atom stereocenters. The molecule has 222 valence electrons. The van der Waals surface area contributed by atoms with Gasteiger partial charge in [-0.25, -0.2) is 5.43 Å². The molecule has 0 saturated carbocycles. The van der Waals surface area contributed by atoms with E-state index in [1.807, 2.05) is 13.8 Å². The van der Waals surface area contributed by atoms with Crippen molar-refractivity contribution in [1.82, 2.24) is 16.1 Å². The quantitative estimate of drug-likeness (QED) is 0.225. The molecule has 0 aromatic heterocycles. The number of nitrogens with one attached hydrogen (secondary N) is 3. The largest absolute Gasteiger partial charge is 0.492 e. The van der Waals surface area contributed by atoms with Crippen molar-refractivity contribution in [3.05, 3.63) is 52.5 Å². The molecule has 1 heterocycles. The molecule has 41 heavy (non-hydrogen) atoms. The molecule has 3 rings (SSSR count). The maximum atomic E-state index is 12.2. The summed E-state index contributed by atoms with van der Waals surface area (Å²) in [6.45, 7) is 4.92. The number of carbonyl (C=O) groups excluding carboxylic acids is 2. The van der Waals surface area contributed by atoms with Crippen molar-refractivity contribution in [3.63, 3.8) is 0 Å². The number of rotatable bonds is 15. The van der Waals surface area contributed by atoms with Crippen molar-refractivity contribution < 1.29 is 28.9 Å². The Bertz CT molecular complexity index is 1250. The fourth-order valence-corrected chi connectivity index (χ4v) is 3.83. The summed E-state index contributed by atoms with van der Waals surface area (Å²) in [6.07, 6.45) is 0.727. The second-order valence-corrected chi connectivity index (χ2v) is 9.78. The highest BCUT2D eigenvalue weighted by atomic mass is 35.5. The van der Waals surface area contributed by atoms with Crippen LogP contribution in [0.3, 0.4) is 0 Å². The smallest absolute Gasteiger partial charge is 0.257 e. The summed E-state index contributed by atoms with van der Waals surface area (Å²) in [6, 6.07) is 12.3. The molecule has 13 heteroatoms. The van der Waals surface area contributed by atoms with Gasteiger partial charge in [0.15, 0.2) is 6.61 Å². The van der Waals surface area contributed by atoms with Gasteiger partial charge in [-0.3, -0.25) is 9.59 Å². The Balaban J connectivity index is 0.00000588. The van der Waals surface area contributed by atoms with Crippen molar-refractivity contribution in [2.45, 2.75) is 45.3 Å². The van der Waals surface area contributed by atoms with Crippen LogP contribution in [0.2, 0.25) is 5.02 Å². The van der Waals surface area contributed by atoms with E-state index in [0.29, 0.717) is 60.2 Å². The van der Waals surface area contributed by atoms with E-state index in [4.69, 9.17) is 25.8 Å². The predicted molar refractivity (Wildman–Crippen MR) is 157 cm³/mol. The Labute approximate surface area is 250 Å². The lowest BCUT2D eigenvalue weighted by Gasteiger charge is -2.15. The van der Waals surface area contributed by atoms with Gasteiger partial charge in [0, 0.05) is 38.0 Å². The third-order valence-corrected chi connectivity index (χ3v) is 6.00. The average molecular weight is 609 g/mol. The summed E-state index contributed by atoms with van der Waals surface area (Å²) in [7, 11) is 0. The number of benzene rings is 2. The van der Waals surface area contributed by atoms with E-state index < -0.39 is 6.10 Å². The van der Waals surface area contributed by atoms with Crippen molar-refractivity contribution in [1.29, 1.82) is 5.26 Å². The molecule has 0 spiro atoms. The van der Waals surface area contributed by atoms with Crippen molar-refractivity contribution in [2.75, 3.05) is 32.9 Å². The number of hydrogen-bond acceptors (Lipinski definition) is 9. The number of halogens is 2. The number of hydrogen-bond donors (Lipinski definition) is 4. The van der Waals surface area contributed by atoms with E-state index >= 15 is 0 Å². The maximum absolute atomic E-state index is 12.2. The molecular weight excluding hydrogens is 573 g/mol. The van der Waals surface area contributed by atoms with Gasteiger partial charge in [-0.05, 0) is 42.3 Å². The predicted octanol–water partition coefficient (Wildman–Crippen LogP) is 2.95. The summed E-state index contributed by atoms with van der Waals surface area (Å²) in [5.74, 6) is 0.797. The lowest BCUT2D eigenvalue weighted by Crippen LogP contribution is -2.35. The average Bonchev–Trinajstić information content (AvgIpc) is 2.94. The lowest BCUT2D eigenvalue weighted by atomic mass is 10.0. The van der Waals surface area contributed by atoms with Crippen LogP contribution in [0.15, 0.2) is 41.5 Å². The normalized spacial score (nSPS) is 13.3. The van der Waals surface area contributed by atoms with Crippen molar-refractivity contribution in [3.8, 4) is 23.3 Å². The highest BCUT2D eigenvalue weighted by Crippen LogP contribution is 2.27. The highest BCUT2D eigenvalue weighted by Gasteiger charge is 2.15. The van der Waals surface area contributed by atoms with E-state index in [0.717, 1.165) is 11.3 Å². The van der Waals surface area contributed by atoms with Gasteiger partial charge in [-0.1, -0.05) is 25.4 Å². The Hall–Kier alpha value is -3.56. The van der Waals surface area contributed by atoms with E-state index in [9.17, 15) is 20.0 Å². The first-order valence-electron chi connectivity index (χ1n) is 13.0. The summed E-state index contributed by atoms with van der Waals surface area (Å²) in [5, 5.41) is 29.7. The van der Waals surface area contributed by atoms with Crippen molar-refractivity contribution >= 4 is 41.5 Å². The zero-order valence-electron chi connectivity index (χ0n) is 22.9. The molecule has 0 aliphatic carbocycles. The zero-order chi connectivity index (χ0) is 28.9. The van der Waals surface area contributed by atoms with Gasteiger partial charge < -0.3 is 30.0 Å². The second kappa shape index (κ2) is 17.3. The number of nitrogens with zero attached hydrogens (tertiary/aromatic N) is 2. The first kappa shape index (κ1) is 33.6. The topological polar surface area (TPSA) is 154 Å². The van der Waals surface area contributed by atoms with Crippen LogP contribution in [-0.2, 0) is 9.59 Å². The highest BCUT2D eigenvalue weighted by molar-refractivity contribution is 6.32. The van der Waals surface area contributed by atoms with E-state index in [1.54, 1.807) is 36.4 Å². The molecule has 0 bridgehead atoms. The number of aliphatic hydroxyl groups is 1. The molecule has 0 saturated heterocycles. The van der Waals surface area contributed by atoms with Gasteiger partial charge in [0.1, 0.15) is 36.0 Å². The van der Waals surface area contributed by atoms with Gasteiger partial charge in [0.25, 0.3) is 5.91 Å². The van der Waals surface area contributed by atoms with Gasteiger partial charge in [-0.2, -0.15) is 10.4 Å². The molecule has 4 N–H and O–H groups in total. The number of hydrazone groups is 1. The number of aliphatic hydroxyl groups excluding tert-OH is 1. The molecule has 1 aliphatic rings. The van der Waals surface area contributed by atoms with Gasteiger partial charge >= 0.3 is 0 Å². The van der Waals surface area contributed by atoms with Crippen LogP contribution in [0.5, 0.6) is 17.2 Å². The summed E-state index contributed by atoms with van der Waals surface area (Å²) >= 11 is 6.29. The molecule has 2 amide bonds. The molecule has 1 atom stereocenters. The maximum Gasteiger partial charge on any atom is 0.257 e. The number of carbonyl (C=O) groups is 2. The first-order valence-corrected chi connectivity index (χ1v) is 13.4. The summed E-state index contributed by atoms with van der Waals surface area (Å²) in [5.41, 5.74) is 4.26. The Morgan fingerprint density at radius 2 is 1.95 bits per heavy atom. The minimum absolute atomic E-state index is 0. The number of nitriles is 1. The van der Waals surface area contributed by atoms with Gasteiger partial charge in [0.05, 0.1) is 22.9 Å². The molecule has 0 radical (unpaired) electrons. The SMILES string of the molecule is CC(C)NC[C@H](O)COc1ccc(OCCCNC(=O)COc2ccc(C3=NNC(=O)CC3)cc2Cl)c(C#N)c1.Cl. The molecule has 2 aromatic rings. The minimum Gasteiger partial charge on any atom is -0.492 e. The van der Waals surface area contributed by atoms with Crippen LogP contribution >= 0.6 is 24.0 Å². The van der Waals surface area contributed by atoms with Crippen molar-refractivity contribution in [2.24, 2.45) is 5.10 Å². The standard InChI is InChI=1S/C28H34ClN5O6.ClH/c1-18(2)32-15-21(35)16-39-22-5-8-25(20(12-22)14-30)38-11-3-10-31-28(37)17-40-26-7-4-19(13-23(26)29)24-6-9-27(36)34-33-24;/h4-5,7-8,12-13,18,21,32,35H,3,6,9-11,15-17H2,1-2H3,(H,31,37)(H,34,36);1H/t21-;/m0./s1. The van der Waals surface area contributed by atoms with E-state index in [-0.39, 0.29) is 50.1 Å². The summed E-state index contributed by atoms with van der Waals surface area (Å²) < 4.78 is 16.8. The third-order valence-electron chi connectivity index (χ3n) is 5.70. The third kappa shape index (κ3) is 11.4. The van der Waals surface area contributed by atoms with Gasteiger partial charge in [0.2, 0.25) is 5.91 Å². The Kier molecular flexibility index (Phi) is 14.2. The minimum atomic E-state index is -0.671. The monoisotopic (exact) mass is 607 g/mol. The molecule has 2 aromatic carbocycles. The number of amides is 2. The van der Waals surface area contributed by atoms with Crippen LogP contribution in [0, 0.1) is 11.3 Å².